The van der Waals surface area contributed by atoms with Crippen LogP contribution in [0, 0.1) is 11.3 Å². The lowest BCUT2D eigenvalue weighted by Gasteiger charge is -2.09. The summed E-state index contributed by atoms with van der Waals surface area (Å²) in [5.74, 6) is -1.53. The third-order valence-corrected chi connectivity index (χ3v) is 2.22. The molecule has 0 saturated carbocycles. The van der Waals surface area contributed by atoms with Gasteiger partial charge in [-0.1, -0.05) is 12.1 Å². The summed E-state index contributed by atoms with van der Waals surface area (Å²) in [6.07, 6.45) is 0.285. The van der Waals surface area contributed by atoms with E-state index in [0.29, 0.717) is 5.56 Å². The molecule has 1 unspecified atom stereocenters. The molecular formula is C12H12N2O3. The van der Waals surface area contributed by atoms with Crippen molar-refractivity contribution >= 4 is 11.9 Å². The van der Waals surface area contributed by atoms with E-state index in [9.17, 15) is 9.59 Å². The van der Waals surface area contributed by atoms with Gasteiger partial charge in [-0.2, -0.15) is 5.26 Å². The number of rotatable bonds is 4. The third kappa shape index (κ3) is 3.61. The van der Waals surface area contributed by atoms with Crippen LogP contribution in [0.15, 0.2) is 24.3 Å². The molecule has 1 atom stereocenters. The molecule has 0 aromatic heterocycles. The van der Waals surface area contributed by atoms with Crippen LogP contribution in [0.4, 0.5) is 0 Å². The molecule has 1 aromatic rings. The normalized spacial score (nSPS) is 11.3. The van der Waals surface area contributed by atoms with Gasteiger partial charge in [0.15, 0.2) is 0 Å². The van der Waals surface area contributed by atoms with Crippen molar-refractivity contribution in [3.8, 4) is 6.07 Å². The van der Waals surface area contributed by atoms with E-state index in [0.717, 1.165) is 5.56 Å². The fourth-order valence-electron chi connectivity index (χ4n) is 1.21. The Morgan fingerprint density at radius 3 is 2.47 bits per heavy atom. The highest BCUT2D eigenvalue weighted by Crippen LogP contribution is 2.05. The molecule has 0 heterocycles. The van der Waals surface area contributed by atoms with Crippen molar-refractivity contribution in [2.75, 3.05) is 0 Å². The Labute approximate surface area is 98.7 Å². The summed E-state index contributed by atoms with van der Waals surface area (Å²) in [5, 5.41) is 19.5. The molecule has 0 aliphatic heterocycles. The SMILES string of the molecule is CC(NC(=O)c1ccc(CC#N)cc1)C(=O)O. The number of hydrogen-bond donors (Lipinski definition) is 2. The minimum absolute atomic E-state index is 0.285. The molecule has 1 rings (SSSR count). The van der Waals surface area contributed by atoms with Crippen molar-refractivity contribution in [1.29, 1.82) is 5.26 Å². The average molecular weight is 232 g/mol. The molecule has 88 valence electrons. The first-order chi connectivity index (χ1) is 8.04. The fourth-order valence-corrected chi connectivity index (χ4v) is 1.21. The van der Waals surface area contributed by atoms with Gasteiger partial charge < -0.3 is 10.4 Å². The van der Waals surface area contributed by atoms with Gasteiger partial charge in [0.25, 0.3) is 5.91 Å². The highest BCUT2D eigenvalue weighted by Gasteiger charge is 2.14. The molecule has 5 nitrogen and oxygen atoms in total. The number of nitrogens with one attached hydrogen (secondary N) is 1. The van der Waals surface area contributed by atoms with Gasteiger partial charge in [-0.3, -0.25) is 9.59 Å². The van der Waals surface area contributed by atoms with Crippen molar-refractivity contribution in [3.63, 3.8) is 0 Å². The van der Waals surface area contributed by atoms with E-state index in [4.69, 9.17) is 10.4 Å². The van der Waals surface area contributed by atoms with E-state index in [1.165, 1.54) is 6.92 Å². The lowest BCUT2D eigenvalue weighted by atomic mass is 10.1. The molecule has 5 heteroatoms. The van der Waals surface area contributed by atoms with Crippen molar-refractivity contribution in [3.05, 3.63) is 35.4 Å². The van der Waals surface area contributed by atoms with Gasteiger partial charge in [0.05, 0.1) is 12.5 Å². The van der Waals surface area contributed by atoms with Crippen LogP contribution in [0.3, 0.4) is 0 Å². The van der Waals surface area contributed by atoms with Crippen LogP contribution in [0.1, 0.15) is 22.8 Å². The van der Waals surface area contributed by atoms with Gasteiger partial charge in [-0.15, -0.1) is 0 Å². The minimum Gasteiger partial charge on any atom is -0.480 e. The Morgan fingerprint density at radius 2 is 2.00 bits per heavy atom. The van der Waals surface area contributed by atoms with E-state index in [-0.39, 0.29) is 6.42 Å². The zero-order valence-corrected chi connectivity index (χ0v) is 9.30. The second kappa shape index (κ2) is 5.66. The largest absolute Gasteiger partial charge is 0.480 e. The molecule has 0 fully saturated rings. The van der Waals surface area contributed by atoms with Crippen LogP contribution in [0.5, 0.6) is 0 Å². The van der Waals surface area contributed by atoms with Crippen LogP contribution in [-0.4, -0.2) is 23.0 Å². The molecule has 2 N–H and O–H groups in total. The number of nitriles is 1. The highest BCUT2D eigenvalue weighted by molar-refractivity contribution is 5.96. The summed E-state index contributed by atoms with van der Waals surface area (Å²) in [5.41, 5.74) is 1.19. The number of carbonyl (C=O) groups excluding carboxylic acids is 1. The van der Waals surface area contributed by atoms with Crippen LogP contribution in [0.25, 0.3) is 0 Å². The summed E-state index contributed by atoms with van der Waals surface area (Å²) in [7, 11) is 0. The number of aliphatic carboxylic acids is 1. The molecule has 0 radical (unpaired) electrons. The van der Waals surface area contributed by atoms with Gasteiger partial charge in [-0.25, -0.2) is 0 Å². The maximum absolute atomic E-state index is 11.6. The van der Waals surface area contributed by atoms with E-state index in [1.807, 2.05) is 6.07 Å². The molecular weight excluding hydrogens is 220 g/mol. The maximum atomic E-state index is 11.6. The van der Waals surface area contributed by atoms with Crippen LogP contribution >= 0.6 is 0 Å². The topological polar surface area (TPSA) is 90.2 Å². The molecule has 1 aromatic carbocycles. The fraction of sp³-hybridized carbons (Fsp3) is 0.250. The van der Waals surface area contributed by atoms with Crippen molar-refractivity contribution in [2.24, 2.45) is 0 Å². The van der Waals surface area contributed by atoms with Crippen molar-refractivity contribution in [2.45, 2.75) is 19.4 Å². The van der Waals surface area contributed by atoms with Gasteiger partial charge in [0.1, 0.15) is 6.04 Å². The summed E-state index contributed by atoms with van der Waals surface area (Å²) >= 11 is 0. The van der Waals surface area contributed by atoms with Gasteiger partial charge in [0.2, 0.25) is 0 Å². The van der Waals surface area contributed by atoms with Gasteiger partial charge >= 0.3 is 5.97 Å². The number of benzene rings is 1. The molecule has 0 spiro atoms. The van der Waals surface area contributed by atoms with Gasteiger partial charge in [0, 0.05) is 5.56 Å². The Balaban J connectivity index is 2.70. The summed E-state index contributed by atoms with van der Waals surface area (Å²) in [6, 6.07) is 7.54. The van der Waals surface area contributed by atoms with Crippen LogP contribution in [-0.2, 0) is 11.2 Å². The minimum atomic E-state index is -1.08. The molecule has 0 aliphatic rings. The molecule has 0 saturated heterocycles. The smallest absolute Gasteiger partial charge is 0.325 e. The van der Waals surface area contributed by atoms with Crippen LogP contribution in [0.2, 0.25) is 0 Å². The number of carbonyl (C=O) groups is 2. The Morgan fingerprint density at radius 1 is 1.41 bits per heavy atom. The number of carboxylic acids is 1. The van der Waals surface area contributed by atoms with E-state index in [1.54, 1.807) is 24.3 Å². The number of carboxylic acid groups (broad SMARTS) is 1. The molecule has 1 amide bonds. The maximum Gasteiger partial charge on any atom is 0.325 e. The second-order valence-corrected chi connectivity index (χ2v) is 3.57. The zero-order valence-electron chi connectivity index (χ0n) is 9.30. The first kappa shape index (κ1) is 12.7. The number of amides is 1. The predicted octanol–water partition coefficient (Wildman–Crippen LogP) is 0.956. The van der Waals surface area contributed by atoms with E-state index in [2.05, 4.69) is 5.32 Å². The highest BCUT2D eigenvalue weighted by atomic mass is 16.4. The second-order valence-electron chi connectivity index (χ2n) is 3.57. The summed E-state index contributed by atoms with van der Waals surface area (Å²) < 4.78 is 0. The number of hydrogen-bond acceptors (Lipinski definition) is 3. The Hall–Kier alpha value is -2.35. The zero-order chi connectivity index (χ0) is 12.8. The monoisotopic (exact) mass is 232 g/mol. The first-order valence-corrected chi connectivity index (χ1v) is 5.04. The van der Waals surface area contributed by atoms with Gasteiger partial charge in [-0.05, 0) is 24.6 Å². The quantitative estimate of drug-likeness (QED) is 0.808. The standard InChI is InChI=1S/C12H12N2O3/c1-8(12(16)17)14-11(15)10-4-2-9(3-5-10)6-7-13/h2-5,8H,6H2,1H3,(H,14,15)(H,16,17). The third-order valence-electron chi connectivity index (χ3n) is 2.22. The van der Waals surface area contributed by atoms with E-state index < -0.39 is 17.9 Å². The van der Waals surface area contributed by atoms with Crippen molar-refractivity contribution in [1.82, 2.24) is 5.32 Å². The number of nitrogens with zero attached hydrogens (tertiary/aromatic N) is 1. The van der Waals surface area contributed by atoms with E-state index >= 15 is 0 Å². The van der Waals surface area contributed by atoms with Crippen LogP contribution < -0.4 is 5.32 Å². The molecule has 0 bridgehead atoms. The predicted molar refractivity (Wildman–Crippen MR) is 60.3 cm³/mol. The summed E-state index contributed by atoms with van der Waals surface area (Å²) in [6.45, 7) is 1.39. The summed E-state index contributed by atoms with van der Waals surface area (Å²) in [4.78, 5) is 22.1. The lowest BCUT2D eigenvalue weighted by Crippen LogP contribution is -2.38. The Bertz CT molecular complexity index is 460. The lowest BCUT2D eigenvalue weighted by molar-refractivity contribution is -0.138. The van der Waals surface area contributed by atoms with Crippen molar-refractivity contribution < 1.29 is 14.7 Å². The first-order valence-electron chi connectivity index (χ1n) is 5.04. The molecule has 0 aliphatic carbocycles. The average Bonchev–Trinajstić information content (AvgIpc) is 2.30. The Kier molecular flexibility index (Phi) is 4.23. The molecule has 17 heavy (non-hydrogen) atoms.